The van der Waals surface area contributed by atoms with Crippen LogP contribution < -0.4 is 0 Å². The average molecular weight is 386 g/mol. The maximum atomic E-state index is 14.6. The number of hydrogen-bond acceptors (Lipinski definition) is 5. The third kappa shape index (κ3) is 3.83. The standard InChI is InChI=1S/C20H23FN4O3/c1-20(2)27-13-17(28-20)19(26)24-9-6-14(7-10-24)18-15(4-3-5-16(18)21)12-25-11-8-22-23-25/h3-6,8,11,17H,7,9-10,12-13H2,1-2H3/t17-/m0/s1. The van der Waals surface area contributed by atoms with Gasteiger partial charge >= 0.3 is 0 Å². The summed E-state index contributed by atoms with van der Waals surface area (Å²) in [6.45, 7) is 5.23. The van der Waals surface area contributed by atoms with Gasteiger partial charge in [0.15, 0.2) is 11.9 Å². The Morgan fingerprint density at radius 3 is 2.89 bits per heavy atom. The lowest BCUT2D eigenvalue weighted by molar-refractivity contribution is -0.159. The SMILES string of the molecule is CC1(C)OC[C@@H](C(=O)N2CC=C(c3c(F)cccc3Cn3ccnn3)CC2)O1. The molecule has 0 saturated carbocycles. The molecule has 4 rings (SSSR count). The highest BCUT2D eigenvalue weighted by Gasteiger charge is 2.39. The first kappa shape index (κ1) is 18.8. The summed E-state index contributed by atoms with van der Waals surface area (Å²) in [5, 5.41) is 7.76. The summed E-state index contributed by atoms with van der Waals surface area (Å²) in [5.41, 5.74) is 2.33. The van der Waals surface area contributed by atoms with Crippen molar-refractivity contribution < 1.29 is 18.7 Å². The van der Waals surface area contributed by atoms with Crippen LogP contribution in [0.2, 0.25) is 0 Å². The zero-order valence-electron chi connectivity index (χ0n) is 16.0. The Bertz CT molecular complexity index is 895. The Morgan fingerprint density at radius 2 is 2.25 bits per heavy atom. The van der Waals surface area contributed by atoms with Crippen molar-refractivity contribution in [3.8, 4) is 0 Å². The maximum absolute atomic E-state index is 14.6. The van der Waals surface area contributed by atoms with Crippen molar-refractivity contribution in [2.24, 2.45) is 0 Å². The Morgan fingerprint density at radius 1 is 1.39 bits per heavy atom. The average Bonchev–Trinajstić information content (AvgIpc) is 3.31. The summed E-state index contributed by atoms with van der Waals surface area (Å²) in [6, 6.07) is 5.05. The van der Waals surface area contributed by atoms with Gasteiger partial charge < -0.3 is 14.4 Å². The molecule has 0 radical (unpaired) electrons. The van der Waals surface area contributed by atoms with Crippen molar-refractivity contribution in [2.45, 2.75) is 38.7 Å². The summed E-state index contributed by atoms with van der Waals surface area (Å²) in [6.07, 6.45) is 5.26. The van der Waals surface area contributed by atoms with Gasteiger partial charge in [-0.1, -0.05) is 23.4 Å². The fourth-order valence-electron chi connectivity index (χ4n) is 3.66. The van der Waals surface area contributed by atoms with Gasteiger partial charge in [-0.2, -0.15) is 0 Å². The van der Waals surface area contributed by atoms with Gasteiger partial charge in [0, 0.05) is 24.8 Å². The lowest BCUT2D eigenvalue weighted by Crippen LogP contribution is -2.43. The van der Waals surface area contributed by atoms with E-state index >= 15 is 0 Å². The van der Waals surface area contributed by atoms with Crippen LogP contribution >= 0.6 is 0 Å². The van der Waals surface area contributed by atoms with Gasteiger partial charge in [-0.25, -0.2) is 9.07 Å². The summed E-state index contributed by atoms with van der Waals surface area (Å²) in [7, 11) is 0. The van der Waals surface area contributed by atoms with Crippen LogP contribution in [0, 0.1) is 5.82 Å². The molecule has 2 aliphatic rings. The fourth-order valence-corrected chi connectivity index (χ4v) is 3.66. The molecule has 0 spiro atoms. The van der Waals surface area contributed by atoms with E-state index in [4.69, 9.17) is 9.47 Å². The number of amides is 1. The van der Waals surface area contributed by atoms with Crippen LogP contribution in [0.4, 0.5) is 4.39 Å². The highest BCUT2D eigenvalue weighted by atomic mass is 19.1. The molecule has 28 heavy (non-hydrogen) atoms. The smallest absolute Gasteiger partial charge is 0.254 e. The normalized spacial score (nSPS) is 21.6. The molecular weight excluding hydrogens is 363 g/mol. The van der Waals surface area contributed by atoms with Gasteiger partial charge in [-0.05, 0) is 37.5 Å². The third-order valence-corrected chi connectivity index (χ3v) is 5.03. The number of benzene rings is 1. The molecule has 7 nitrogen and oxygen atoms in total. The van der Waals surface area contributed by atoms with Gasteiger partial charge in [0.25, 0.3) is 5.91 Å². The van der Waals surface area contributed by atoms with Crippen LogP contribution in [0.3, 0.4) is 0 Å². The third-order valence-electron chi connectivity index (χ3n) is 5.03. The molecule has 0 unspecified atom stereocenters. The van der Waals surface area contributed by atoms with E-state index in [0.717, 1.165) is 11.1 Å². The summed E-state index contributed by atoms with van der Waals surface area (Å²) >= 11 is 0. The van der Waals surface area contributed by atoms with Crippen molar-refractivity contribution in [2.75, 3.05) is 19.7 Å². The molecule has 1 amide bonds. The highest BCUT2D eigenvalue weighted by Crippen LogP contribution is 2.30. The Labute approximate surface area is 162 Å². The van der Waals surface area contributed by atoms with E-state index in [9.17, 15) is 9.18 Å². The number of aromatic nitrogens is 3. The van der Waals surface area contributed by atoms with E-state index in [-0.39, 0.29) is 18.3 Å². The molecule has 2 aliphatic heterocycles. The number of nitrogens with zero attached hydrogens (tertiary/aromatic N) is 4. The number of hydrogen-bond donors (Lipinski definition) is 0. The fraction of sp³-hybridized carbons (Fsp3) is 0.450. The zero-order valence-corrected chi connectivity index (χ0v) is 16.0. The van der Waals surface area contributed by atoms with Gasteiger partial charge in [0.2, 0.25) is 0 Å². The molecule has 0 bridgehead atoms. The van der Waals surface area contributed by atoms with Crippen molar-refractivity contribution >= 4 is 11.5 Å². The van der Waals surface area contributed by atoms with Crippen LogP contribution in [0.25, 0.3) is 5.57 Å². The van der Waals surface area contributed by atoms with Crippen LogP contribution in [0.1, 0.15) is 31.4 Å². The van der Waals surface area contributed by atoms with E-state index in [0.29, 0.717) is 31.6 Å². The molecule has 0 aliphatic carbocycles. The largest absolute Gasteiger partial charge is 0.347 e. The monoisotopic (exact) mass is 386 g/mol. The number of carbonyl (C=O) groups is 1. The summed E-state index contributed by atoms with van der Waals surface area (Å²) < 4.78 is 27.5. The quantitative estimate of drug-likeness (QED) is 0.806. The second-order valence-electron chi connectivity index (χ2n) is 7.46. The molecule has 1 aromatic carbocycles. The minimum Gasteiger partial charge on any atom is -0.347 e. The van der Waals surface area contributed by atoms with E-state index in [2.05, 4.69) is 10.3 Å². The minimum atomic E-state index is -0.736. The molecule has 1 atom stereocenters. The van der Waals surface area contributed by atoms with Crippen molar-refractivity contribution in [3.05, 3.63) is 53.6 Å². The topological polar surface area (TPSA) is 69.5 Å². The molecule has 1 aromatic heterocycles. The number of carbonyl (C=O) groups excluding carboxylic acids is 1. The maximum Gasteiger partial charge on any atom is 0.254 e. The Hall–Kier alpha value is -2.58. The second kappa shape index (κ2) is 7.44. The Kier molecular flexibility index (Phi) is 4.99. The molecule has 0 N–H and O–H groups in total. The molecule has 2 aromatic rings. The first-order chi connectivity index (χ1) is 13.4. The predicted molar refractivity (Wildman–Crippen MR) is 99.6 cm³/mol. The van der Waals surface area contributed by atoms with Crippen LogP contribution in [0.5, 0.6) is 0 Å². The van der Waals surface area contributed by atoms with E-state index < -0.39 is 11.9 Å². The number of halogens is 1. The van der Waals surface area contributed by atoms with Crippen molar-refractivity contribution in [1.29, 1.82) is 0 Å². The van der Waals surface area contributed by atoms with E-state index in [1.165, 1.54) is 6.07 Å². The first-order valence-corrected chi connectivity index (χ1v) is 9.34. The zero-order chi connectivity index (χ0) is 19.7. The van der Waals surface area contributed by atoms with Crippen molar-refractivity contribution in [1.82, 2.24) is 19.9 Å². The second-order valence-corrected chi connectivity index (χ2v) is 7.46. The van der Waals surface area contributed by atoms with Crippen LogP contribution in [0.15, 0.2) is 36.7 Å². The predicted octanol–water partition coefficient (Wildman–Crippen LogP) is 2.23. The van der Waals surface area contributed by atoms with Gasteiger partial charge in [0.05, 0.1) is 19.3 Å². The first-order valence-electron chi connectivity index (χ1n) is 9.34. The molecule has 1 saturated heterocycles. The van der Waals surface area contributed by atoms with Crippen molar-refractivity contribution in [3.63, 3.8) is 0 Å². The molecule has 8 heteroatoms. The van der Waals surface area contributed by atoms with E-state index in [1.54, 1.807) is 41.9 Å². The minimum absolute atomic E-state index is 0.0859. The molecule has 1 fully saturated rings. The van der Waals surface area contributed by atoms with Gasteiger partial charge in [0.1, 0.15) is 5.82 Å². The number of rotatable bonds is 4. The molecule has 3 heterocycles. The lowest BCUT2D eigenvalue weighted by atomic mass is 9.94. The lowest BCUT2D eigenvalue weighted by Gasteiger charge is -2.29. The Balaban J connectivity index is 1.50. The van der Waals surface area contributed by atoms with E-state index in [1.807, 2.05) is 12.1 Å². The molecular formula is C20H23FN4O3. The highest BCUT2D eigenvalue weighted by molar-refractivity contribution is 5.83. The molecule has 148 valence electrons. The summed E-state index contributed by atoms with van der Waals surface area (Å²) in [5.74, 6) is -1.09. The van der Waals surface area contributed by atoms with Gasteiger partial charge in [-0.15, -0.1) is 5.10 Å². The van der Waals surface area contributed by atoms with Crippen LogP contribution in [-0.2, 0) is 20.8 Å². The van der Waals surface area contributed by atoms with Gasteiger partial charge in [-0.3, -0.25) is 4.79 Å². The number of ether oxygens (including phenoxy) is 2. The summed E-state index contributed by atoms with van der Waals surface area (Å²) in [4.78, 5) is 14.4. The van der Waals surface area contributed by atoms with Crippen LogP contribution in [-0.4, -0.2) is 57.4 Å².